The van der Waals surface area contributed by atoms with Crippen molar-refractivity contribution in [2.45, 2.75) is 33.4 Å². The quantitative estimate of drug-likeness (QED) is 0.544. The van der Waals surface area contributed by atoms with Gasteiger partial charge >= 0.3 is 0 Å². The first-order valence-corrected chi connectivity index (χ1v) is 9.15. The van der Waals surface area contributed by atoms with Crippen LogP contribution < -0.4 is 10.6 Å². The lowest BCUT2D eigenvalue weighted by atomic mass is 10.0. The second kappa shape index (κ2) is 9.32. The minimum Gasteiger partial charge on any atom is -0.350 e. The van der Waals surface area contributed by atoms with Gasteiger partial charge in [0.15, 0.2) is 0 Å². The summed E-state index contributed by atoms with van der Waals surface area (Å²) >= 11 is 5.78. The highest BCUT2D eigenvalue weighted by atomic mass is 35.5. The minimum atomic E-state index is -0.786. The molecule has 148 valence electrons. The van der Waals surface area contributed by atoms with E-state index < -0.39 is 16.9 Å². The molecule has 0 saturated heterocycles. The van der Waals surface area contributed by atoms with E-state index in [-0.39, 0.29) is 28.1 Å². The summed E-state index contributed by atoms with van der Waals surface area (Å²) in [5.41, 5.74) is 1.74. The Morgan fingerprint density at radius 1 is 1.18 bits per heavy atom. The molecule has 0 aliphatic carbocycles. The van der Waals surface area contributed by atoms with Gasteiger partial charge in [-0.2, -0.15) is 0 Å². The van der Waals surface area contributed by atoms with Crippen molar-refractivity contribution < 1.29 is 14.5 Å². The second-order valence-electron chi connectivity index (χ2n) is 6.76. The van der Waals surface area contributed by atoms with Crippen LogP contribution in [0.5, 0.6) is 0 Å². The molecule has 0 aromatic heterocycles. The first kappa shape index (κ1) is 21.4. The molecule has 7 nitrogen and oxygen atoms in total. The number of nitrogens with zero attached hydrogens (tertiary/aromatic N) is 1. The van der Waals surface area contributed by atoms with E-state index in [9.17, 15) is 19.7 Å². The van der Waals surface area contributed by atoms with E-state index in [2.05, 4.69) is 10.6 Å². The van der Waals surface area contributed by atoms with Crippen LogP contribution in [0.4, 0.5) is 5.69 Å². The highest BCUT2D eigenvalue weighted by molar-refractivity contribution is 6.32. The molecule has 2 N–H and O–H groups in total. The molecule has 0 saturated carbocycles. The Morgan fingerprint density at radius 3 is 2.46 bits per heavy atom. The van der Waals surface area contributed by atoms with E-state index in [0.29, 0.717) is 6.54 Å². The Kier molecular flexibility index (Phi) is 7.12. The number of nitrogens with one attached hydrogen (secondary N) is 2. The number of halogens is 1. The van der Waals surface area contributed by atoms with Gasteiger partial charge in [-0.3, -0.25) is 19.7 Å². The summed E-state index contributed by atoms with van der Waals surface area (Å²) in [7, 11) is 0. The molecular weight excluding hydrogens is 382 g/mol. The molecule has 0 aliphatic rings. The van der Waals surface area contributed by atoms with Crippen LogP contribution in [0.2, 0.25) is 5.02 Å². The Labute approximate surface area is 168 Å². The summed E-state index contributed by atoms with van der Waals surface area (Å²) < 4.78 is 0. The lowest BCUT2D eigenvalue weighted by Gasteiger charge is -2.22. The fourth-order valence-electron chi connectivity index (χ4n) is 2.65. The Morgan fingerprint density at radius 2 is 1.86 bits per heavy atom. The molecule has 0 heterocycles. The molecule has 28 heavy (non-hydrogen) atoms. The molecule has 2 amide bonds. The Bertz CT molecular complexity index is 899. The molecule has 1 unspecified atom stereocenters. The third-order valence-electron chi connectivity index (χ3n) is 4.36. The number of nitro benzene ring substituents is 1. The van der Waals surface area contributed by atoms with Gasteiger partial charge in [0.2, 0.25) is 5.91 Å². The highest BCUT2D eigenvalue weighted by Crippen LogP contribution is 2.25. The van der Waals surface area contributed by atoms with Crippen molar-refractivity contribution in [1.82, 2.24) is 10.6 Å². The van der Waals surface area contributed by atoms with E-state index in [1.54, 1.807) is 0 Å². The first-order valence-electron chi connectivity index (χ1n) is 8.77. The minimum absolute atomic E-state index is 0.0575. The third kappa shape index (κ3) is 5.29. The number of aryl methyl sites for hydroxylation is 1. The van der Waals surface area contributed by atoms with E-state index in [1.165, 1.54) is 12.1 Å². The number of rotatable bonds is 7. The normalized spacial score (nSPS) is 11.8. The van der Waals surface area contributed by atoms with Crippen molar-refractivity contribution in [1.29, 1.82) is 0 Å². The van der Waals surface area contributed by atoms with E-state index in [1.807, 2.05) is 45.0 Å². The van der Waals surface area contributed by atoms with Crippen LogP contribution >= 0.6 is 11.6 Å². The summed E-state index contributed by atoms with van der Waals surface area (Å²) in [6.45, 7) is 5.92. The molecular formula is C20H22ClN3O4. The van der Waals surface area contributed by atoms with Crippen molar-refractivity contribution in [3.63, 3.8) is 0 Å². The summed E-state index contributed by atoms with van der Waals surface area (Å²) in [6, 6.07) is 10.7. The Hall–Kier alpha value is -2.93. The summed E-state index contributed by atoms with van der Waals surface area (Å²) in [4.78, 5) is 35.5. The van der Waals surface area contributed by atoms with Crippen molar-refractivity contribution in [3.8, 4) is 0 Å². The maximum atomic E-state index is 12.6. The maximum absolute atomic E-state index is 12.6. The van der Waals surface area contributed by atoms with Crippen LogP contribution in [-0.4, -0.2) is 22.8 Å². The lowest BCUT2D eigenvalue weighted by molar-refractivity contribution is -0.384. The summed E-state index contributed by atoms with van der Waals surface area (Å²) in [5.74, 6) is -1.08. The number of hydrogen-bond acceptors (Lipinski definition) is 4. The number of amides is 2. The van der Waals surface area contributed by atoms with Crippen molar-refractivity contribution in [2.75, 3.05) is 0 Å². The van der Waals surface area contributed by atoms with Gasteiger partial charge < -0.3 is 10.6 Å². The highest BCUT2D eigenvalue weighted by Gasteiger charge is 2.25. The van der Waals surface area contributed by atoms with Gasteiger partial charge in [-0.05, 0) is 36.1 Å². The number of benzene rings is 2. The molecule has 8 heteroatoms. The molecule has 0 spiro atoms. The van der Waals surface area contributed by atoms with Crippen LogP contribution in [0.25, 0.3) is 0 Å². The maximum Gasteiger partial charge on any atom is 0.288 e. The van der Waals surface area contributed by atoms with E-state index >= 15 is 0 Å². The monoisotopic (exact) mass is 403 g/mol. The van der Waals surface area contributed by atoms with Gasteiger partial charge in [-0.1, -0.05) is 49.7 Å². The zero-order valence-electron chi connectivity index (χ0n) is 15.9. The van der Waals surface area contributed by atoms with Gasteiger partial charge in [0.05, 0.1) is 4.92 Å². The van der Waals surface area contributed by atoms with E-state index in [4.69, 9.17) is 11.6 Å². The molecule has 0 bridgehead atoms. The van der Waals surface area contributed by atoms with Gasteiger partial charge in [0, 0.05) is 18.2 Å². The van der Waals surface area contributed by atoms with Gasteiger partial charge in [-0.15, -0.1) is 0 Å². The fraction of sp³-hybridized carbons (Fsp3) is 0.300. The number of carbonyl (C=O) groups is 2. The molecule has 1 atom stereocenters. The smallest absolute Gasteiger partial charge is 0.288 e. The van der Waals surface area contributed by atoms with Gasteiger partial charge in [0.1, 0.15) is 11.1 Å². The van der Waals surface area contributed by atoms with Crippen LogP contribution in [-0.2, 0) is 11.3 Å². The molecule has 2 aromatic carbocycles. The van der Waals surface area contributed by atoms with Crippen LogP contribution in [0, 0.1) is 23.0 Å². The summed E-state index contributed by atoms with van der Waals surface area (Å²) in [6.07, 6.45) is 0. The number of nitro groups is 1. The van der Waals surface area contributed by atoms with E-state index in [0.717, 1.165) is 17.2 Å². The molecule has 0 fully saturated rings. The average Bonchev–Trinajstić information content (AvgIpc) is 2.64. The largest absolute Gasteiger partial charge is 0.350 e. The topological polar surface area (TPSA) is 101 Å². The number of hydrogen-bond donors (Lipinski definition) is 2. The zero-order valence-corrected chi connectivity index (χ0v) is 16.6. The molecule has 0 radical (unpaired) electrons. The van der Waals surface area contributed by atoms with Crippen LogP contribution in [0.3, 0.4) is 0 Å². The average molecular weight is 404 g/mol. The van der Waals surface area contributed by atoms with Crippen molar-refractivity contribution >= 4 is 29.1 Å². The van der Waals surface area contributed by atoms with Crippen molar-refractivity contribution in [2.24, 2.45) is 5.92 Å². The molecule has 0 aliphatic heterocycles. The number of carbonyl (C=O) groups excluding carboxylic acids is 2. The van der Waals surface area contributed by atoms with Crippen LogP contribution in [0.1, 0.15) is 35.3 Å². The van der Waals surface area contributed by atoms with Crippen LogP contribution in [0.15, 0.2) is 42.5 Å². The predicted molar refractivity (Wildman–Crippen MR) is 107 cm³/mol. The van der Waals surface area contributed by atoms with Gasteiger partial charge in [0.25, 0.3) is 11.6 Å². The SMILES string of the molecule is Cc1ccccc1CNC(=O)C(NC(=O)c1ccc(Cl)c([N+](=O)[O-])c1)C(C)C. The molecule has 2 rings (SSSR count). The zero-order chi connectivity index (χ0) is 20.8. The van der Waals surface area contributed by atoms with Crippen molar-refractivity contribution in [3.05, 3.63) is 74.3 Å². The standard InChI is InChI=1S/C20H22ClN3O4/c1-12(2)18(20(26)22-11-15-7-5-4-6-13(15)3)23-19(25)14-8-9-16(21)17(10-14)24(27)28/h4-10,12,18H,11H2,1-3H3,(H,22,26)(H,23,25). The first-order chi connectivity index (χ1) is 13.2. The summed E-state index contributed by atoms with van der Waals surface area (Å²) in [5, 5.41) is 16.4. The van der Waals surface area contributed by atoms with Gasteiger partial charge in [-0.25, -0.2) is 0 Å². The fourth-order valence-corrected chi connectivity index (χ4v) is 2.84. The lowest BCUT2D eigenvalue weighted by Crippen LogP contribution is -2.49. The predicted octanol–water partition coefficient (Wildman–Crippen LogP) is 3.63. The third-order valence-corrected chi connectivity index (χ3v) is 4.67. The Balaban J connectivity index is 2.10. The molecule has 2 aromatic rings. The second-order valence-corrected chi connectivity index (χ2v) is 7.17.